The predicted molar refractivity (Wildman–Crippen MR) is 179 cm³/mol. The molecular weight excluding hydrogens is 574 g/mol. The number of hydrogen-bond donors (Lipinski definition) is 2. The van der Waals surface area contributed by atoms with Gasteiger partial charge in [-0.05, 0) is 68.5 Å². The maximum atomic E-state index is 14.6. The van der Waals surface area contributed by atoms with Crippen molar-refractivity contribution in [2.75, 3.05) is 11.9 Å². The van der Waals surface area contributed by atoms with Crippen LogP contribution in [0.1, 0.15) is 75.3 Å². The molecule has 234 valence electrons. The maximum absolute atomic E-state index is 14.6. The van der Waals surface area contributed by atoms with E-state index in [1.807, 2.05) is 73.7 Å². The van der Waals surface area contributed by atoms with Crippen LogP contribution in [-0.4, -0.2) is 41.0 Å². The van der Waals surface area contributed by atoms with Crippen LogP contribution in [0, 0.1) is 6.92 Å². The molecular formula is C36H44ClN3O4. The van der Waals surface area contributed by atoms with E-state index < -0.39 is 35.6 Å². The third-order valence-electron chi connectivity index (χ3n) is 7.05. The molecule has 0 saturated heterocycles. The SMILES string of the molecule is C=Cc1cccc(C(C(=O)Nc2c(C)cccc2Cl)N(CCCCC)C(=O)C(Cc2ccccc2)NC(=O)OC(C)(C)C)c1. The first kappa shape index (κ1) is 34.4. The normalized spacial score (nSPS) is 12.5. The molecule has 0 heterocycles. The summed E-state index contributed by atoms with van der Waals surface area (Å²) in [6, 6.07) is 20.2. The van der Waals surface area contributed by atoms with Gasteiger partial charge in [-0.2, -0.15) is 0 Å². The third-order valence-corrected chi connectivity index (χ3v) is 7.36. The molecule has 3 aromatic rings. The van der Waals surface area contributed by atoms with E-state index in [0.717, 1.165) is 29.5 Å². The van der Waals surface area contributed by atoms with Gasteiger partial charge in [-0.25, -0.2) is 4.79 Å². The van der Waals surface area contributed by atoms with Crippen molar-refractivity contribution in [1.29, 1.82) is 0 Å². The van der Waals surface area contributed by atoms with Gasteiger partial charge in [0.25, 0.3) is 5.91 Å². The smallest absolute Gasteiger partial charge is 0.408 e. The summed E-state index contributed by atoms with van der Waals surface area (Å²) in [6.45, 7) is 13.4. The molecule has 0 radical (unpaired) electrons. The number of unbranched alkanes of at least 4 members (excludes halogenated alkanes) is 2. The highest BCUT2D eigenvalue weighted by Gasteiger charge is 2.36. The summed E-state index contributed by atoms with van der Waals surface area (Å²) < 4.78 is 5.54. The monoisotopic (exact) mass is 617 g/mol. The van der Waals surface area contributed by atoms with Crippen LogP contribution >= 0.6 is 11.6 Å². The Morgan fingerprint density at radius 2 is 1.70 bits per heavy atom. The van der Waals surface area contributed by atoms with E-state index in [9.17, 15) is 14.4 Å². The fourth-order valence-corrected chi connectivity index (χ4v) is 5.18. The van der Waals surface area contributed by atoms with E-state index in [1.54, 1.807) is 37.8 Å². The van der Waals surface area contributed by atoms with Crippen LogP contribution in [0.4, 0.5) is 10.5 Å². The number of nitrogens with zero attached hydrogens (tertiary/aromatic N) is 1. The van der Waals surface area contributed by atoms with Gasteiger partial charge in [0, 0.05) is 13.0 Å². The molecule has 2 N–H and O–H groups in total. The number of halogens is 1. The van der Waals surface area contributed by atoms with Crippen molar-refractivity contribution < 1.29 is 19.1 Å². The Morgan fingerprint density at radius 3 is 2.34 bits per heavy atom. The summed E-state index contributed by atoms with van der Waals surface area (Å²) in [7, 11) is 0. The Balaban J connectivity index is 2.12. The van der Waals surface area contributed by atoms with E-state index in [-0.39, 0.29) is 6.42 Å². The number of nitrogens with one attached hydrogen (secondary N) is 2. The molecule has 3 aromatic carbocycles. The molecule has 0 bridgehead atoms. The van der Waals surface area contributed by atoms with Gasteiger partial charge < -0.3 is 20.3 Å². The fraction of sp³-hybridized carbons (Fsp3) is 0.361. The lowest BCUT2D eigenvalue weighted by Gasteiger charge is -2.35. The second-order valence-electron chi connectivity index (χ2n) is 11.8. The predicted octanol–water partition coefficient (Wildman–Crippen LogP) is 8.13. The first-order valence-electron chi connectivity index (χ1n) is 15.1. The van der Waals surface area contributed by atoms with Crippen molar-refractivity contribution in [3.63, 3.8) is 0 Å². The minimum atomic E-state index is -1.02. The lowest BCUT2D eigenvalue weighted by Crippen LogP contribution is -2.53. The molecule has 0 aliphatic rings. The number of ether oxygens (including phenoxy) is 1. The molecule has 2 atom stereocenters. The van der Waals surface area contributed by atoms with Gasteiger partial charge in [-0.3, -0.25) is 9.59 Å². The molecule has 2 unspecified atom stereocenters. The largest absolute Gasteiger partial charge is 0.444 e. The second-order valence-corrected chi connectivity index (χ2v) is 12.2. The van der Waals surface area contributed by atoms with Gasteiger partial charge in [-0.15, -0.1) is 0 Å². The van der Waals surface area contributed by atoms with Gasteiger partial charge in [-0.1, -0.05) is 105 Å². The Labute approximate surface area is 266 Å². The van der Waals surface area contributed by atoms with Crippen molar-refractivity contribution in [2.45, 2.75) is 78.0 Å². The highest BCUT2D eigenvalue weighted by atomic mass is 35.5. The molecule has 44 heavy (non-hydrogen) atoms. The standard InChI is InChI=1S/C36H44ClN3O4/c1-7-9-13-22-40(34(42)30(24-27-17-11-10-12-18-27)38-35(43)44-36(4,5)6)32(28-20-15-19-26(8-2)23-28)33(41)39-31-25(3)16-14-21-29(31)37/h8,10-12,14-21,23,30,32H,2,7,9,13,22,24H2,1,3-6H3,(H,38,43)(H,39,41). The summed E-state index contributed by atoms with van der Waals surface area (Å²) in [6.07, 6.45) is 3.66. The number of rotatable bonds is 13. The first-order chi connectivity index (χ1) is 20.9. The van der Waals surface area contributed by atoms with Crippen LogP contribution in [0.2, 0.25) is 5.02 Å². The lowest BCUT2D eigenvalue weighted by atomic mass is 9.98. The summed E-state index contributed by atoms with van der Waals surface area (Å²) >= 11 is 6.50. The molecule has 3 amide bonds. The second kappa shape index (κ2) is 16.1. The van der Waals surface area contributed by atoms with E-state index in [1.165, 1.54) is 0 Å². The number of alkyl carbamates (subject to hydrolysis) is 1. The molecule has 7 nitrogen and oxygen atoms in total. The molecule has 0 fully saturated rings. The molecule has 0 aliphatic carbocycles. The van der Waals surface area contributed by atoms with E-state index >= 15 is 0 Å². The third kappa shape index (κ3) is 9.98. The van der Waals surface area contributed by atoms with Gasteiger partial charge in [0.05, 0.1) is 10.7 Å². The molecule has 3 rings (SSSR count). The van der Waals surface area contributed by atoms with Crippen molar-refractivity contribution in [3.05, 3.63) is 107 Å². The first-order valence-corrected chi connectivity index (χ1v) is 15.4. The molecule has 0 spiro atoms. The van der Waals surface area contributed by atoms with Crippen molar-refractivity contribution in [1.82, 2.24) is 10.2 Å². The number of carbonyl (C=O) groups is 3. The van der Waals surface area contributed by atoms with Gasteiger partial charge in [0.1, 0.15) is 17.7 Å². The van der Waals surface area contributed by atoms with Crippen LogP contribution in [0.5, 0.6) is 0 Å². The Bertz CT molecular complexity index is 1410. The van der Waals surface area contributed by atoms with Crippen LogP contribution in [-0.2, 0) is 20.7 Å². The number of para-hydroxylation sites is 1. The Morgan fingerprint density at radius 1 is 1.00 bits per heavy atom. The topological polar surface area (TPSA) is 87.7 Å². The molecule has 0 saturated carbocycles. The highest BCUT2D eigenvalue weighted by molar-refractivity contribution is 6.34. The Hall–Kier alpha value is -4.10. The molecule has 0 aliphatic heterocycles. The van der Waals surface area contributed by atoms with Crippen molar-refractivity contribution in [2.24, 2.45) is 0 Å². The lowest BCUT2D eigenvalue weighted by molar-refractivity contribution is -0.140. The Kier molecular flexibility index (Phi) is 12.6. The number of amides is 3. The van der Waals surface area contributed by atoms with Crippen LogP contribution in [0.3, 0.4) is 0 Å². The highest BCUT2D eigenvalue weighted by Crippen LogP contribution is 2.30. The average Bonchev–Trinajstić information content (AvgIpc) is 2.97. The summed E-state index contributed by atoms with van der Waals surface area (Å²) in [5, 5.41) is 6.20. The van der Waals surface area contributed by atoms with E-state index in [4.69, 9.17) is 16.3 Å². The number of hydrogen-bond acceptors (Lipinski definition) is 4. The zero-order valence-corrected chi connectivity index (χ0v) is 27.1. The van der Waals surface area contributed by atoms with Crippen molar-refractivity contribution >= 4 is 41.3 Å². The van der Waals surface area contributed by atoms with Gasteiger partial charge >= 0.3 is 6.09 Å². The quantitative estimate of drug-likeness (QED) is 0.190. The minimum Gasteiger partial charge on any atom is -0.444 e. The van der Waals surface area contributed by atoms with Crippen LogP contribution < -0.4 is 10.6 Å². The zero-order valence-electron chi connectivity index (χ0n) is 26.4. The maximum Gasteiger partial charge on any atom is 0.408 e. The van der Waals surface area contributed by atoms with Crippen LogP contribution in [0.25, 0.3) is 6.08 Å². The van der Waals surface area contributed by atoms with Crippen LogP contribution in [0.15, 0.2) is 79.4 Å². The molecule has 8 heteroatoms. The number of anilines is 1. The number of benzene rings is 3. The number of carbonyl (C=O) groups excluding carboxylic acids is 3. The summed E-state index contributed by atoms with van der Waals surface area (Å²) in [5.41, 5.74) is 2.80. The minimum absolute atomic E-state index is 0.216. The average molecular weight is 618 g/mol. The van der Waals surface area contributed by atoms with Gasteiger partial charge in [0.15, 0.2) is 0 Å². The molecule has 0 aromatic heterocycles. The fourth-order valence-electron chi connectivity index (χ4n) is 4.91. The summed E-state index contributed by atoms with van der Waals surface area (Å²) in [5.74, 6) is -0.807. The van der Waals surface area contributed by atoms with Gasteiger partial charge in [0.2, 0.25) is 5.91 Å². The number of aryl methyl sites for hydroxylation is 1. The zero-order chi connectivity index (χ0) is 32.3. The van der Waals surface area contributed by atoms with E-state index in [0.29, 0.717) is 29.2 Å². The van der Waals surface area contributed by atoms with Crippen molar-refractivity contribution in [3.8, 4) is 0 Å². The summed E-state index contributed by atoms with van der Waals surface area (Å²) in [4.78, 5) is 43.5. The van der Waals surface area contributed by atoms with E-state index in [2.05, 4.69) is 24.1 Å².